The van der Waals surface area contributed by atoms with Crippen molar-refractivity contribution in [1.29, 1.82) is 0 Å². The molecule has 0 aliphatic rings. The van der Waals surface area contributed by atoms with E-state index in [0.717, 1.165) is 6.67 Å². The van der Waals surface area contributed by atoms with Crippen molar-refractivity contribution in [2.24, 2.45) is 0 Å². The van der Waals surface area contributed by atoms with Gasteiger partial charge >= 0.3 is 0 Å². The molecule has 0 fully saturated rings. The molecule has 1 atom stereocenters. The number of hydrogen-bond donors (Lipinski definition) is 2. The second-order valence-corrected chi connectivity index (χ2v) is 6.00. The number of anilines is 1. The molecule has 0 saturated carbocycles. The van der Waals surface area contributed by atoms with E-state index < -0.39 is 0 Å². The molecule has 0 spiro atoms. The van der Waals surface area contributed by atoms with Crippen molar-refractivity contribution in [3.8, 4) is 11.1 Å². The summed E-state index contributed by atoms with van der Waals surface area (Å²) >= 11 is 0. The monoisotopic (exact) mass is 316 g/mol. The van der Waals surface area contributed by atoms with Gasteiger partial charge in [-0.25, -0.2) is 0 Å². The number of benzene rings is 3. The minimum absolute atomic E-state index is 0.343. The molecule has 0 radical (unpaired) electrons. The summed E-state index contributed by atoms with van der Waals surface area (Å²) in [5.41, 5.74) is 6.35. The maximum atomic E-state index is 3.44. The summed E-state index contributed by atoms with van der Waals surface area (Å²) in [6.45, 7) is 3.02. The Balaban J connectivity index is 1.84. The van der Waals surface area contributed by atoms with Gasteiger partial charge in [-0.05, 0) is 35.4 Å². The van der Waals surface area contributed by atoms with Crippen molar-refractivity contribution >= 4 is 5.69 Å². The van der Waals surface area contributed by atoms with Crippen LogP contribution in [-0.2, 0) is 0 Å². The third kappa shape index (κ3) is 3.66. The molecule has 1 unspecified atom stereocenters. The van der Waals surface area contributed by atoms with Crippen LogP contribution in [0, 0.1) is 0 Å². The van der Waals surface area contributed by atoms with Crippen molar-refractivity contribution < 1.29 is 0 Å². The number of rotatable bonds is 6. The fourth-order valence-corrected chi connectivity index (χ4v) is 2.99. The summed E-state index contributed by atoms with van der Waals surface area (Å²) < 4.78 is 0. The molecule has 2 nitrogen and oxygen atoms in total. The fourth-order valence-electron chi connectivity index (χ4n) is 2.99. The molecular formula is C22H24N2. The van der Waals surface area contributed by atoms with Gasteiger partial charge in [-0.1, -0.05) is 79.7 Å². The lowest BCUT2D eigenvalue weighted by Crippen LogP contribution is -2.18. The van der Waals surface area contributed by atoms with Crippen LogP contribution in [0.5, 0.6) is 0 Å². The molecule has 0 bridgehead atoms. The summed E-state index contributed by atoms with van der Waals surface area (Å²) in [6, 6.07) is 27.9. The molecule has 0 aliphatic heterocycles. The highest BCUT2D eigenvalue weighted by molar-refractivity contribution is 5.64. The van der Waals surface area contributed by atoms with Crippen molar-refractivity contribution in [2.45, 2.75) is 12.8 Å². The van der Waals surface area contributed by atoms with Gasteiger partial charge < -0.3 is 10.6 Å². The van der Waals surface area contributed by atoms with E-state index in [2.05, 4.69) is 96.4 Å². The first-order valence-corrected chi connectivity index (χ1v) is 8.42. The summed E-state index contributed by atoms with van der Waals surface area (Å²) in [5.74, 6) is 0.343. The topological polar surface area (TPSA) is 24.1 Å². The Bertz CT molecular complexity index is 763. The van der Waals surface area contributed by atoms with Crippen LogP contribution in [-0.4, -0.2) is 13.7 Å². The van der Waals surface area contributed by atoms with Gasteiger partial charge in [-0.2, -0.15) is 0 Å². The van der Waals surface area contributed by atoms with Crippen molar-refractivity contribution in [3.05, 3.63) is 90.0 Å². The summed E-state index contributed by atoms with van der Waals surface area (Å²) in [7, 11) is 1.95. The highest BCUT2D eigenvalue weighted by Gasteiger charge is 2.12. The Morgan fingerprint density at radius 1 is 0.750 bits per heavy atom. The van der Waals surface area contributed by atoms with Gasteiger partial charge in [0, 0.05) is 11.6 Å². The molecule has 3 aromatic carbocycles. The molecular weight excluding hydrogens is 292 g/mol. The molecule has 3 rings (SSSR count). The van der Waals surface area contributed by atoms with Crippen LogP contribution >= 0.6 is 0 Å². The smallest absolute Gasteiger partial charge is 0.0650 e. The van der Waals surface area contributed by atoms with Crippen LogP contribution in [0.2, 0.25) is 0 Å². The second-order valence-electron chi connectivity index (χ2n) is 6.00. The highest BCUT2D eigenvalue weighted by Crippen LogP contribution is 2.31. The first kappa shape index (κ1) is 16.3. The van der Waals surface area contributed by atoms with E-state index in [1.54, 1.807) is 0 Å². The zero-order chi connectivity index (χ0) is 16.8. The lowest BCUT2D eigenvalue weighted by atomic mass is 9.90. The average Bonchev–Trinajstić information content (AvgIpc) is 2.67. The molecule has 122 valence electrons. The Morgan fingerprint density at radius 2 is 1.38 bits per heavy atom. The van der Waals surface area contributed by atoms with E-state index in [-0.39, 0.29) is 0 Å². The molecule has 0 aliphatic carbocycles. The quantitative estimate of drug-likeness (QED) is 0.619. The van der Waals surface area contributed by atoms with E-state index in [1.807, 2.05) is 7.05 Å². The summed E-state index contributed by atoms with van der Waals surface area (Å²) in [5, 5.41) is 6.58. The van der Waals surface area contributed by atoms with E-state index >= 15 is 0 Å². The third-order valence-electron chi connectivity index (χ3n) is 4.40. The van der Waals surface area contributed by atoms with Crippen molar-refractivity contribution in [3.63, 3.8) is 0 Å². The van der Waals surface area contributed by atoms with Gasteiger partial charge in [0.05, 0.1) is 6.67 Å². The molecule has 0 aromatic heterocycles. The maximum absolute atomic E-state index is 3.44. The van der Waals surface area contributed by atoms with Gasteiger partial charge in [0.15, 0.2) is 0 Å². The van der Waals surface area contributed by atoms with Crippen LogP contribution in [0.4, 0.5) is 5.69 Å². The zero-order valence-electron chi connectivity index (χ0n) is 14.3. The molecule has 2 heteroatoms. The Labute approximate surface area is 144 Å². The van der Waals surface area contributed by atoms with E-state index in [1.165, 1.54) is 27.9 Å². The maximum Gasteiger partial charge on any atom is 0.0650 e. The third-order valence-corrected chi connectivity index (χ3v) is 4.40. The zero-order valence-corrected chi connectivity index (χ0v) is 14.3. The first-order valence-electron chi connectivity index (χ1n) is 8.42. The summed E-state index contributed by atoms with van der Waals surface area (Å²) in [4.78, 5) is 0. The van der Waals surface area contributed by atoms with Gasteiger partial charge in [0.25, 0.3) is 0 Å². The van der Waals surface area contributed by atoms with Gasteiger partial charge in [0.1, 0.15) is 0 Å². The molecule has 24 heavy (non-hydrogen) atoms. The van der Waals surface area contributed by atoms with E-state index in [4.69, 9.17) is 0 Å². The predicted molar refractivity (Wildman–Crippen MR) is 103 cm³/mol. The minimum atomic E-state index is 0.343. The molecule has 3 aromatic rings. The number of para-hydroxylation sites is 1. The van der Waals surface area contributed by atoms with Crippen LogP contribution in [0.15, 0.2) is 78.9 Å². The number of nitrogens with one attached hydrogen (secondary N) is 2. The van der Waals surface area contributed by atoms with E-state index in [0.29, 0.717) is 5.92 Å². The normalized spacial score (nSPS) is 11.9. The lowest BCUT2D eigenvalue weighted by Gasteiger charge is -2.18. The summed E-state index contributed by atoms with van der Waals surface area (Å²) in [6.07, 6.45) is 0. The minimum Gasteiger partial charge on any atom is -0.372 e. The predicted octanol–water partition coefficient (Wildman–Crippen LogP) is 5.09. The molecule has 2 N–H and O–H groups in total. The van der Waals surface area contributed by atoms with Crippen LogP contribution in [0.3, 0.4) is 0 Å². The Morgan fingerprint density at radius 3 is 2.08 bits per heavy atom. The van der Waals surface area contributed by atoms with Gasteiger partial charge in [0.2, 0.25) is 0 Å². The van der Waals surface area contributed by atoms with E-state index in [9.17, 15) is 0 Å². The largest absolute Gasteiger partial charge is 0.372 e. The van der Waals surface area contributed by atoms with Crippen LogP contribution in [0.1, 0.15) is 24.0 Å². The van der Waals surface area contributed by atoms with Crippen molar-refractivity contribution in [1.82, 2.24) is 5.32 Å². The van der Waals surface area contributed by atoms with Crippen molar-refractivity contribution in [2.75, 3.05) is 19.0 Å². The van der Waals surface area contributed by atoms with Gasteiger partial charge in [-0.3, -0.25) is 0 Å². The second kappa shape index (κ2) is 7.80. The first-order chi connectivity index (χ1) is 11.8. The fraction of sp³-hybridized carbons (Fsp3) is 0.182. The molecule has 0 saturated heterocycles. The Hall–Kier alpha value is -2.58. The Kier molecular flexibility index (Phi) is 5.29. The molecule has 0 amide bonds. The van der Waals surface area contributed by atoms with Gasteiger partial charge in [-0.15, -0.1) is 0 Å². The average molecular weight is 316 g/mol. The van der Waals surface area contributed by atoms with Crippen LogP contribution < -0.4 is 10.6 Å². The lowest BCUT2D eigenvalue weighted by molar-refractivity contribution is 0.862. The SMILES string of the molecule is CNCNc1ccccc1C(C)c1ccc(-c2ccccc2)cc1. The molecule has 0 heterocycles. The standard InChI is InChI=1S/C22H24N2/c1-17(21-10-6-7-11-22(21)24-16-23-2)18-12-14-20(15-13-18)19-8-4-3-5-9-19/h3-15,17,23-24H,16H2,1-2H3. The highest BCUT2D eigenvalue weighted by atomic mass is 15.0. The van der Waals surface area contributed by atoms with Crippen LogP contribution in [0.25, 0.3) is 11.1 Å². The number of hydrogen-bond acceptors (Lipinski definition) is 2.